The molecule has 0 radical (unpaired) electrons. The normalized spacial score (nSPS) is 8.84. The first-order valence-electron chi connectivity index (χ1n) is 4.49. The highest BCUT2D eigenvalue weighted by atomic mass is 35.5. The Morgan fingerprint density at radius 2 is 1.21 bits per heavy atom. The Kier molecular flexibility index (Phi) is 8.47. The van der Waals surface area contributed by atoms with Gasteiger partial charge in [0.1, 0.15) is 0 Å². The van der Waals surface area contributed by atoms with Gasteiger partial charge in [0.15, 0.2) is 23.3 Å². The molecule has 106 valence electrons. The molecule has 6 heteroatoms. The van der Waals surface area contributed by atoms with E-state index >= 15 is 0 Å². The summed E-state index contributed by atoms with van der Waals surface area (Å²) in [5.74, 6) is -6.38. The van der Waals surface area contributed by atoms with E-state index in [1.54, 1.807) is 18.2 Å². The molecule has 0 N–H and O–H groups in total. The van der Waals surface area contributed by atoms with Crippen LogP contribution in [0.5, 0.6) is 0 Å². The minimum Gasteiger partial charge on any atom is -0.204 e. The van der Waals surface area contributed by atoms with Crippen molar-refractivity contribution in [3.63, 3.8) is 0 Å². The minimum atomic E-state index is -1.79. The zero-order valence-corrected chi connectivity index (χ0v) is 10.4. The van der Waals surface area contributed by atoms with Gasteiger partial charge in [-0.25, -0.2) is 17.6 Å². The van der Waals surface area contributed by atoms with Crippen LogP contribution in [0, 0.1) is 23.3 Å². The SMILES string of the molecule is C.Cl.Cl.Fc1cc(-c2ccccc2)c(F)c(F)c1F. The van der Waals surface area contributed by atoms with Crippen LogP contribution >= 0.6 is 24.8 Å². The first kappa shape index (κ1) is 20.1. The second-order valence-corrected chi connectivity index (χ2v) is 3.21. The molecule has 2 aromatic carbocycles. The van der Waals surface area contributed by atoms with Crippen LogP contribution in [-0.2, 0) is 0 Å². The Morgan fingerprint density at radius 1 is 0.684 bits per heavy atom. The van der Waals surface area contributed by atoms with Crippen LogP contribution in [0.1, 0.15) is 7.43 Å². The second kappa shape index (κ2) is 8.02. The molecule has 0 aliphatic heterocycles. The number of rotatable bonds is 1. The van der Waals surface area contributed by atoms with E-state index in [9.17, 15) is 17.6 Å². The highest BCUT2D eigenvalue weighted by Gasteiger charge is 2.19. The summed E-state index contributed by atoms with van der Waals surface area (Å²) < 4.78 is 51.9. The molecule has 19 heavy (non-hydrogen) atoms. The molecule has 2 aromatic rings. The van der Waals surface area contributed by atoms with E-state index in [1.165, 1.54) is 12.1 Å². The summed E-state index contributed by atoms with van der Waals surface area (Å²) in [6.07, 6.45) is 0. The predicted molar refractivity (Wildman–Crippen MR) is 72.9 cm³/mol. The monoisotopic (exact) mass is 314 g/mol. The van der Waals surface area contributed by atoms with Crippen LogP contribution in [0.25, 0.3) is 11.1 Å². The largest absolute Gasteiger partial charge is 0.204 e. The topological polar surface area (TPSA) is 0 Å². The molecule has 0 amide bonds. The fourth-order valence-electron chi connectivity index (χ4n) is 1.40. The van der Waals surface area contributed by atoms with Crippen molar-refractivity contribution in [2.75, 3.05) is 0 Å². The fourth-order valence-corrected chi connectivity index (χ4v) is 1.40. The van der Waals surface area contributed by atoms with Crippen LogP contribution in [0.2, 0.25) is 0 Å². The van der Waals surface area contributed by atoms with E-state index in [0.717, 1.165) is 0 Å². The van der Waals surface area contributed by atoms with Crippen molar-refractivity contribution in [3.05, 3.63) is 59.7 Å². The van der Waals surface area contributed by atoms with Gasteiger partial charge < -0.3 is 0 Å². The van der Waals surface area contributed by atoms with Gasteiger partial charge in [-0.3, -0.25) is 0 Å². The van der Waals surface area contributed by atoms with Gasteiger partial charge >= 0.3 is 0 Å². The lowest BCUT2D eigenvalue weighted by Crippen LogP contribution is -1.98. The van der Waals surface area contributed by atoms with E-state index in [4.69, 9.17) is 0 Å². The number of benzene rings is 2. The Morgan fingerprint density at radius 3 is 1.74 bits per heavy atom. The third-order valence-corrected chi connectivity index (χ3v) is 2.19. The van der Waals surface area contributed by atoms with Gasteiger partial charge in [0.25, 0.3) is 0 Å². The molecule has 0 aliphatic rings. The smallest absolute Gasteiger partial charge is 0.198 e. The zero-order valence-electron chi connectivity index (χ0n) is 8.79. The van der Waals surface area contributed by atoms with Crippen molar-refractivity contribution in [1.82, 2.24) is 0 Å². The number of hydrogen-bond donors (Lipinski definition) is 0. The Balaban J connectivity index is 0. The highest BCUT2D eigenvalue weighted by molar-refractivity contribution is 5.85. The molecular formula is C13H12Cl2F4. The maximum absolute atomic E-state index is 13.3. The third kappa shape index (κ3) is 3.85. The van der Waals surface area contributed by atoms with E-state index in [1.807, 2.05) is 0 Å². The Hall–Kier alpha value is -1.26. The van der Waals surface area contributed by atoms with E-state index < -0.39 is 23.3 Å². The van der Waals surface area contributed by atoms with Gasteiger partial charge in [-0.1, -0.05) is 37.8 Å². The molecule has 0 aliphatic carbocycles. The van der Waals surface area contributed by atoms with Crippen molar-refractivity contribution in [1.29, 1.82) is 0 Å². The maximum atomic E-state index is 13.3. The van der Waals surface area contributed by atoms with Gasteiger partial charge in [-0.05, 0) is 11.6 Å². The molecule has 0 fully saturated rings. The zero-order chi connectivity index (χ0) is 11.7. The van der Waals surface area contributed by atoms with E-state index in [-0.39, 0.29) is 43.4 Å². The standard InChI is InChI=1S/C12H6F4.CH4.2ClH/c13-9-6-8(7-4-2-1-3-5-7)10(14)12(16)11(9)15;;;/h1-6H;1H4;2*1H. The first-order chi connectivity index (χ1) is 7.61. The summed E-state index contributed by atoms with van der Waals surface area (Å²) in [6.45, 7) is 0. The molecule has 0 saturated carbocycles. The van der Waals surface area contributed by atoms with Gasteiger partial charge in [0.2, 0.25) is 0 Å². The van der Waals surface area contributed by atoms with Crippen LogP contribution in [-0.4, -0.2) is 0 Å². The summed E-state index contributed by atoms with van der Waals surface area (Å²) in [6, 6.07) is 8.47. The van der Waals surface area contributed by atoms with Gasteiger partial charge in [-0.2, -0.15) is 0 Å². The van der Waals surface area contributed by atoms with Crippen molar-refractivity contribution in [2.45, 2.75) is 7.43 Å². The van der Waals surface area contributed by atoms with E-state index in [0.29, 0.717) is 6.07 Å². The summed E-state index contributed by atoms with van der Waals surface area (Å²) >= 11 is 0. The van der Waals surface area contributed by atoms with Crippen LogP contribution in [0.3, 0.4) is 0 Å². The third-order valence-electron chi connectivity index (χ3n) is 2.19. The summed E-state index contributed by atoms with van der Waals surface area (Å²) in [7, 11) is 0. The summed E-state index contributed by atoms with van der Waals surface area (Å²) in [5, 5.41) is 0. The molecule has 0 bridgehead atoms. The van der Waals surface area contributed by atoms with Crippen molar-refractivity contribution in [2.24, 2.45) is 0 Å². The van der Waals surface area contributed by atoms with Gasteiger partial charge in [0, 0.05) is 5.56 Å². The average Bonchev–Trinajstić information content (AvgIpc) is 2.32. The molecule has 0 spiro atoms. The molecule has 0 atom stereocenters. The van der Waals surface area contributed by atoms with Crippen LogP contribution < -0.4 is 0 Å². The lowest BCUT2D eigenvalue weighted by atomic mass is 10.0. The Bertz CT molecular complexity index is 530. The Labute approximate surface area is 121 Å². The second-order valence-electron chi connectivity index (χ2n) is 3.21. The van der Waals surface area contributed by atoms with Crippen molar-refractivity contribution >= 4 is 24.8 Å². The van der Waals surface area contributed by atoms with Crippen molar-refractivity contribution in [3.8, 4) is 11.1 Å². The lowest BCUT2D eigenvalue weighted by molar-refractivity contribution is 0.411. The quantitative estimate of drug-likeness (QED) is 0.376. The number of halogens is 6. The molecule has 0 aromatic heterocycles. The van der Waals surface area contributed by atoms with Crippen LogP contribution in [0.4, 0.5) is 17.6 Å². The number of hydrogen-bond acceptors (Lipinski definition) is 0. The molecule has 0 saturated heterocycles. The predicted octanol–water partition coefficient (Wildman–Crippen LogP) is 5.39. The van der Waals surface area contributed by atoms with Gasteiger partial charge in [0.05, 0.1) is 0 Å². The molecular weight excluding hydrogens is 303 g/mol. The molecule has 0 heterocycles. The summed E-state index contributed by atoms with van der Waals surface area (Å²) in [4.78, 5) is 0. The average molecular weight is 315 g/mol. The molecule has 0 nitrogen and oxygen atoms in total. The maximum Gasteiger partial charge on any atom is 0.198 e. The fraction of sp³-hybridized carbons (Fsp3) is 0.0769. The van der Waals surface area contributed by atoms with Gasteiger partial charge in [-0.15, -0.1) is 24.8 Å². The summed E-state index contributed by atoms with van der Waals surface area (Å²) in [5.41, 5.74) is -0.00481. The lowest BCUT2D eigenvalue weighted by Gasteiger charge is -2.05. The molecule has 2 rings (SSSR count). The minimum absolute atomic E-state index is 0. The first-order valence-corrected chi connectivity index (χ1v) is 4.49. The highest BCUT2D eigenvalue weighted by Crippen LogP contribution is 2.27. The molecule has 0 unspecified atom stereocenters. The van der Waals surface area contributed by atoms with Crippen molar-refractivity contribution < 1.29 is 17.6 Å². The van der Waals surface area contributed by atoms with Crippen LogP contribution in [0.15, 0.2) is 36.4 Å². The van der Waals surface area contributed by atoms with E-state index in [2.05, 4.69) is 0 Å².